The van der Waals surface area contributed by atoms with Gasteiger partial charge in [-0.2, -0.15) is 0 Å². The van der Waals surface area contributed by atoms with Crippen LogP contribution in [0.2, 0.25) is 0 Å². The van der Waals surface area contributed by atoms with E-state index in [1.54, 1.807) is 0 Å². The summed E-state index contributed by atoms with van der Waals surface area (Å²) in [5, 5.41) is 5.24. The lowest BCUT2D eigenvalue weighted by Crippen LogP contribution is -1.93. The third-order valence-electron chi connectivity index (χ3n) is 9.43. The highest BCUT2D eigenvalue weighted by Gasteiger charge is 2.20. The summed E-state index contributed by atoms with van der Waals surface area (Å²) in [4.78, 5) is 0. The number of hydrogen-bond donors (Lipinski definition) is 0. The molecule has 220 valence electrons. The number of hydrogen-bond acceptors (Lipinski definition) is 2. The summed E-state index contributed by atoms with van der Waals surface area (Å²) in [6.45, 7) is 0. The maximum absolute atomic E-state index is 2.45. The Morgan fingerprint density at radius 2 is 0.979 bits per heavy atom. The van der Waals surface area contributed by atoms with Gasteiger partial charge < -0.3 is 4.57 Å². The molecule has 0 atom stereocenters. The summed E-state index contributed by atoms with van der Waals surface area (Å²) in [5.74, 6) is 0. The van der Waals surface area contributed by atoms with Crippen LogP contribution in [0.3, 0.4) is 0 Å². The van der Waals surface area contributed by atoms with Crippen LogP contribution in [0.25, 0.3) is 90.4 Å². The minimum Gasteiger partial charge on any atom is -0.308 e. The van der Waals surface area contributed by atoms with Gasteiger partial charge in [0.15, 0.2) is 0 Å². The van der Waals surface area contributed by atoms with Gasteiger partial charge in [-0.05, 0) is 58.1 Å². The molecule has 0 aliphatic heterocycles. The van der Waals surface area contributed by atoms with Crippen LogP contribution in [0.15, 0.2) is 164 Å². The number of rotatable bonds is 4. The van der Waals surface area contributed by atoms with Gasteiger partial charge >= 0.3 is 0 Å². The van der Waals surface area contributed by atoms with Crippen molar-refractivity contribution in [2.24, 2.45) is 0 Å². The first-order chi connectivity index (χ1) is 23.3. The van der Waals surface area contributed by atoms with E-state index in [1.807, 2.05) is 22.7 Å². The van der Waals surface area contributed by atoms with E-state index >= 15 is 0 Å². The van der Waals surface area contributed by atoms with Gasteiger partial charge in [0.05, 0.1) is 15.7 Å². The lowest BCUT2D eigenvalue weighted by Gasteiger charge is -2.12. The first kappa shape index (κ1) is 26.7. The molecule has 0 radical (unpaired) electrons. The van der Waals surface area contributed by atoms with Gasteiger partial charge in [-0.3, -0.25) is 0 Å². The number of nitrogens with zero attached hydrogens (tertiary/aromatic N) is 1. The maximum Gasteiger partial charge on any atom is 0.0727 e. The molecule has 0 saturated heterocycles. The average molecular weight is 634 g/mol. The van der Waals surface area contributed by atoms with Crippen LogP contribution < -0.4 is 0 Å². The lowest BCUT2D eigenvalue weighted by molar-refractivity contribution is 1.19. The van der Waals surface area contributed by atoms with Crippen LogP contribution in [-0.4, -0.2) is 4.57 Å². The van der Waals surface area contributed by atoms with E-state index in [4.69, 9.17) is 0 Å². The molecule has 0 amide bonds. The van der Waals surface area contributed by atoms with Crippen molar-refractivity contribution >= 4 is 74.1 Å². The molecular weight excluding hydrogens is 607 g/mol. The lowest BCUT2D eigenvalue weighted by atomic mass is 9.93. The van der Waals surface area contributed by atoms with E-state index in [0.29, 0.717) is 0 Å². The Balaban J connectivity index is 1.20. The Morgan fingerprint density at radius 3 is 1.79 bits per heavy atom. The summed E-state index contributed by atoms with van der Waals surface area (Å²) < 4.78 is 7.78. The van der Waals surface area contributed by atoms with E-state index in [1.165, 1.54) is 90.4 Å². The van der Waals surface area contributed by atoms with E-state index in [-0.39, 0.29) is 0 Å². The second-order valence-electron chi connectivity index (χ2n) is 12.1. The average Bonchev–Trinajstić information content (AvgIpc) is 3.81. The molecule has 0 aliphatic rings. The minimum atomic E-state index is 1.19. The number of benzene rings is 7. The Labute approximate surface area is 280 Å². The summed E-state index contributed by atoms with van der Waals surface area (Å²) in [6, 6.07) is 59.9. The van der Waals surface area contributed by atoms with Crippen molar-refractivity contribution in [3.8, 4) is 39.1 Å². The van der Waals surface area contributed by atoms with Gasteiger partial charge in [-0.25, -0.2) is 0 Å². The molecule has 10 aromatic rings. The third kappa shape index (κ3) is 4.07. The zero-order chi connectivity index (χ0) is 30.9. The molecule has 0 fully saturated rings. The van der Waals surface area contributed by atoms with E-state index in [2.05, 4.69) is 168 Å². The molecule has 7 aromatic carbocycles. The van der Waals surface area contributed by atoms with Crippen LogP contribution in [0.5, 0.6) is 0 Å². The molecule has 47 heavy (non-hydrogen) atoms. The highest BCUT2D eigenvalue weighted by molar-refractivity contribution is 7.27. The van der Waals surface area contributed by atoms with Gasteiger partial charge in [0.1, 0.15) is 0 Å². The molecule has 3 heteroatoms. The smallest absolute Gasteiger partial charge is 0.0727 e. The van der Waals surface area contributed by atoms with Crippen LogP contribution in [0.1, 0.15) is 0 Å². The predicted octanol–water partition coefficient (Wildman–Crippen LogP) is 13.4. The highest BCUT2D eigenvalue weighted by atomic mass is 32.1. The summed E-state index contributed by atoms with van der Waals surface area (Å²) >= 11 is 3.81. The molecule has 0 spiro atoms. The Hall–Kier alpha value is -5.48. The van der Waals surface area contributed by atoms with E-state index in [0.717, 1.165) is 0 Å². The zero-order valence-corrected chi connectivity index (χ0v) is 27.0. The van der Waals surface area contributed by atoms with Crippen molar-refractivity contribution in [3.63, 3.8) is 0 Å². The molecule has 0 aliphatic carbocycles. The van der Waals surface area contributed by atoms with Crippen molar-refractivity contribution in [3.05, 3.63) is 164 Å². The van der Waals surface area contributed by atoms with Gasteiger partial charge in [0.25, 0.3) is 0 Å². The van der Waals surface area contributed by atoms with Crippen molar-refractivity contribution < 1.29 is 0 Å². The molecule has 0 bridgehead atoms. The predicted molar refractivity (Wildman–Crippen MR) is 205 cm³/mol. The van der Waals surface area contributed by atoms with Gasteiger partial charge in [0.2, 0.25) is 0 Å². The standard InChI is InChI=1S/C44H27NS2/c1-3-13-28(14-4-1)32-20-11-22-35-36-23-12-21-34(43(36)47-42(32)35)33-18-8-7-17-31(33)29-25-26-40-38(27-29)41-44(46-40)37-19-9-10-24-39(37)45(41)30-15-5-2-6-16-30/h1-27H. The SMILES string of the molecule is c1ccc(-c2cccc3c2sc2c(-c4ccccc4-c4ccc5sc6c7ccccc7n(-c7ccccc7)c6c5c4)cccc23)cc1. The van der Waals surface area contributed by atoms with Crippen molar-refractivity contribution in [2.75, 3.05) is 0 Å². The van der Waals surface area contributed by atoms with Crippen LogP contribution in [0, 0.1) is 0 Å². The zero-order valence-electron chi connectivity index (χ0n) is 25.4. The molecule has 10 rings (SSSR count). The third-order valence-corrected chi connectivity index (χ3v) is 11.9. The molecular formula is C44H27NS2. The Kier molecular flexibility index (Phi) is 5.98. The van der Waals surface area contributed by atoms with Crippen molar-refractivity contribution in [1.29, 1.82) is 0 Å². The topological polar surface area (TPSA) is 4.93 Å². The van der Waals surface area contributed by atoms with Crippen LogP contribution in [0.4, 0.5) is 0 Å². The first-order valence-electron chi connectivity index (χ1n) is 15.9. The van der Waals surface area contributed by atoms with Crippen molar-refractivity contribution in [2.45, 2.75) is 0 Å². The first-order valence-corrected chi connectivity index (χ1v) is 17.6. The maximum atomic E-state index is 2.45. The van der Waals surface area contributed by atoms with Crippen LogP contribution >= 0.6 is 22.7 Å². The summed E-state index contributed by atoms with van der Waals surface area (Å²) in [7, 11) is 0. The molecule has 1 nitrogen and oxygen atoms in total. The van der Waals surface area contributed by atoms with E-state index in [9.17, 15) is 0 Å². The number of aromatic nitrogens is 1. The quantitative estimate of drug-likeness (QED) is 0.182. The molecule has 3 aromatic heterocycles. The Morgan fingerprint density at radius 1 is 0.362 bits per heavy atom. The monoisotopic (exact) mass is 633 g/mol. The Bertz CT molecular complexity index is 2780. The van der Waals surface area contributed by atoms with Crippen molar-refractivity contribution in [1.82, 2.24) is 4.57 Å². The fourth-order valence-corrected chi connectivity index (χ4v) is 9.90. The van der Waals surface area contributed by atoms with Gasteiger partial charge in [0, 0.05) is 46.9 Å². The van der Waals surface area contributed by atoms with Crippen LogP contribution in [-0.2, 0) is 0 Å². The molecule has 0 unspecified atom stereocenters. The molecule has 0 N–H and O–H groups in total. The second kappa shape index (κ2) is 10.5. The largest absolute Gasteiger partial charge is 0.308 e. The summed E-state index contributed by atoms with van der Waals surface area (Å²) in [5.41, 5.74) is 11.3. The van der Waals surface area contributed by atoms with Gasteiger partial charge in [-0.15, -0.1) is 22.7 Å². The fourth-order valence-electron chi connectivity index (χ4n) is 7.33. The fraction of sp³-hybridized carbons (Fsp3) is 0. The number of para-hydroxylation sites is 2. The number of thiophene rings is 2. The second-order valence-corrected chi connectivity index (χ2v) is 14.1. The molecule has 0 saturated carbocycles. The minimum absolute atomic E-state index is 1.19. The summed E-state index contributed by atoms with van der Waals surface area (Å²) in [6.07, 6.45) is 0. The van der Waals surface area contributed by atoms with E-state index < -0.39 is 0 Å². The normalized spacial score (nSPS) is 11.8. The van der Waals surface area contributed by atoms with Gasteiger partial charge in [-0.1, -0.05) is 133 Å². The highest BCUT2D eigenvalue weighted by Crippen LogP contribution is 2.47. The number of fused-ring (bicyclic) bond motifs is 8. The molecule has 3 heterocycles.